The van der Waals surface area contributed by atoms with E-state index in [0.29, 0.717) is 11.7 Å². The lowest BCUT2D eigenvalue weighted by Gasteiger charge is -2.38. The Balaban J connectivity index is 2.06. The van der Waals surface area contributed by atoms with E-state index >= 15 is 0 Å². The van der Waals surface area contributed by atoms with E-state index in [1.165, 1.54) is 0 Å². The van der Waals surface area contributed by atoms with Crippen LogP contribution in [0, 0.1) is 5.92 Å². The molecular weight excluding hydrogens is 228 g/mol. The smallest absolute Gasteiger partial charge is 0.192 e. The fraction of sp³-hybridized carbons (Fsp3) is 0.786. The quantitative estimate of drug-likeness (QED) is 0.701. The molecule has 0 aromatic heterocycles. The number of carbonyl (C=O) groups is 1. The summed E-state index contributed by atoms with van der Waals surface area (Å²) < 4.78 is 6.36. The molecule has 0 radical (unpaired) electrons. The van der Waals surface area contributed by atoms with Gasteiger partial charge in [-0.15, -0.1) is 0 Å². The Hall–Kier alpha value is -0.413. The van der Waals surface area contributed by atoms with E-state index in [9.17, 15) is 4.79 Å². The van der Waals surface area contributed by atoms with Gasteiger partial charge in [-0.1, -0.05) is 26.8 Å². The van der Waals surface area contributed by atoms with Gasteiger partial charge >= 0.3 is 0 Å². The zero-order valence-corrected chi connectivity index (χ0v) is 12.7. The molecule has 96 valence electrons. The van der Waals surface area contributed by atoms with Crippen molar-refractivity contribution < 1.29 is 9.22 Å². The van der Waals surface area contributed by atoms with Gasteiger partial charge in [-0.05, 0) is 42.5 Å². The first-order chi connectivity index (χ1) is 7.71. The Morgan fingerprint density at radius 2 is 2.00 bits per heavy atom. The maximum absolute atomic E-state index is 11.7. The van der Waals surface area contributed by atoms with Crippen LogP contribution in [0.4, 0.5) is 0 Å². The molecule has 2 nitrogen and oxygen atoms in total. The minimum Gasteiger partial charge on any atom is -0.411 e. The molecule has 0 aromatic rings. The van der Waals surface area contributed by atoms with E-state index in [1.807, 2.05) is 0 Å². The number of fused-ring (bicyclic) bond motifs is 1. The van der Waals surface area contributed by atoms with Crippen LogP contribution in [-0.4, -0.2) is 20.2 Å². The highest BCUT2D eigenvalue weighted by atomic mass is 28.4. The highest BCUT2D eigenvalue weighted by molar-refractivity contribution is 6.74. The third-order valence-electron chi connectivity index (χ3n) is 4.62. The van der Waals surface area contributed by atoms with E-state index < -0.39 is 8.32 Å². The number of hydrogen-bond acceptors (Lipinski definition) is 2. The number of ketones is 1. The van der Waals surface area contributed by atoms with Gasteiger partial charge in [0.15, 0.2) is 14.1 Å². The molecule has 1 fully saturated rings. The van der Waals surface area contributed by atoms with E-state index in [-0.39, 0.29) is 11.1 Å². The van der Waals surface area contributed by atoms with Crippen LogP contribution in [0.1, 0.15) is 40.0 Å². The molecule has 2 aliphatic rings. The summed E-state index contributed by atoms with van der Waals surface area (Å²) in [5.41, 5.74) is 1.06. The number of Topliss-reactive ketones (excluding diaryl/α,β-unsaturated/α-hetero) is 1. The van der Waals surface area contributed by atoms with Crippen molar-refractivity contribution in [1.82, 2.24) is 0 Å². The zero-order valence-electron chi connectivity index (χ0n) is 11.7. The van der Waals surface area contributed by atoms with Crippen LogP contribution in [0.3, 0.4) is 0 Å². The van der Waals surface area contributed by atoms with Crippen LogP contribution >= 0.6 is 0 Å². The first kappa shape index (κ1) is 13.0. The second-order valence-electron chi connectivity index (χ2n) is 6.93. The van der Waals surface area contributed by atoms with Crippen LogP contribution in [0.15, 0.2) is 11.6 Å². The highest BCUT2D eigenvalue weighted by Gasteiger charge is 2.42. The van der Waals surface area contributed by atoms with Gasteiger partial charge in [0.05, 0.1) is 6.10 Å². The van der Waals surface area contributed by atoms with Crippen LogP contribution < -0.4 is 0 Å². The molecule has 0 amide bonds. The third-order valence-corrected chi connectivity index (χ3v) is 9.12. The molecule has 3 heteroatoms. The normalized spacial score (nSPS) is 29.5. The Morgan fingerprint density at radius 3 is 2.53 bits per heavy atom. The summed E-state index contributed by atoms with van der Waals surface area (Å²) in [6.07, 6.45) is 5.14. The van der Waals surface area contributed by atoms with Gasteiger partial charge in [0.1, 0.15) is 0 Å². The van der Waals surface area contributed by atoms with Gasteiger partial charge in [0.25, 0.3) is 0 Å². The Morgan fingerprint density at radius 1 is 1.35 bits per heavy atom. The van der Waals surface area contributed by atoms with Crippen molar-refractivity contribution in [2.45, 2.75) is 64.3 Å². The molecule has 0 heterocycles. The summed E-state index contributed by atoms with van der Waals surface area (Å²) >= 11 is 0. The number of rotatable bonds is 2. The van der Waals surface area contributed by atoms with Crippen molar-refractivity contribution in [2.75, 3.05) is 0 Å². The highest BCUT2D eigenvalue weighted by Crippen LogP contribution is 2.43. The van der Waals surface area contributed by atoms with Crippen molar-refractivity contribution in [3.05, 3.63) is 11.6 Å². The summed E-state index contributed by atoms with van der Waals surface area (Å²) in [4.78, 5) is 11.7. The largest absolute Gasteiger partial charge is 0.411 e. The van der Waals surface area contributed by atoms with Crippen molar-refractivity contribution in [3.8, 4) is 0 Å². The second-order valence-corrected chi connectivity index (χ2v) is 11.7. The van der Waals surface area contributed by atoms with E-state index in [2.05, 4.69) is 39.9 Å². The Labute approximate surface area is 106 Å². The molecule has 0 aromatic carbocycles. The summed E-state index contributed by atoms with van der Waals surface area (Å²) in [6, 6.07) is 0. The molecule has 0 saturated heterocycles. The summed E-state index contributed by atoms with van der Waals surface area (Å²) in [5.74, 6) is 0.855. The summed E-state index contributed by atoms with van der Waals surface area (Å²) in [7, 11) is -1.70. The third kappa shape index (κ3) is 2.41. The van der Waals surface area contributed by atoms with Crippen molar-refractivity contribution >= 4 is 14.1 Å². The minimum absolute atomic E-state index is 0.195. The molecule has 0 aliphatic heterocycles. The molecule has 0 spiro atoms. The van der Waals surface area contributed by atoms with Gasteiger partial charge in [-0.25, -0.2) is 0 Å². The first-order valence-electron chi connectivity index (χ1n) is 6.63. The van der Waals surface area contributed by atoms with Crippen LogP contribution in [0.2, 0.25) is 18.1 Å². The van der Waals surface area contributed by atoms with Gasteiger partial charge < -0.3 is 4.43 Å². The van der Waals surface area contributed by atoms with Gasteiger partial charge in [0.2, 0.25) is 0 Å². The average molecular weight is 252 g/mol. The predicted octanol–water partition coefficient (Wildman–Crippen LogP) is 3.69. The molecule has 17 heavy (non-hydrogen) atoms. The van der Waals surface area contributed by atoms with Crippen LogP contribution in [0.25, 0.3) is 0 Å². The van der Waals surface area contributed by atoms with Crippen molar-refractivity contribution in [3.63, 3.8) is 0 Å². The van der Waals surface area contributed by atoms with Gasteiger partial charge in [-0.2, -0.15) is 0 Å². The molecule has 2 aliphatic carbocycles. The molecule has 0 N–H and O–H groups in total. The van der Waals surface area contributed by atoms with Crippen molar-refractivity contribution in [2.24, 2.45) is 5.92 Å². The second kappa shape index (κ2) is 4.06. The lowest BCUT2D eigenvalue weighted by molar-refractivity contribution is -0.114. The Kier molecular flexibility index (Phi) is 3.11. The summed E-state index contributed by atoms with van der Waals surface area (Å²) in [5, 5.41) is 0.243. The maximum atomic E-state index is 11.7. The fourth-order valence-electron chi connectivity index (χ4n) is 2.49. The van der Waals surface area contributed by atoms with Crippen LogP contribution in [0.5, 0.6) is 0 Å². The molecule has 2 atom stereocenters. The first-order valence-corrected chi connectivity index (χ1v) is 9.54. The van der Waals surface area contributed by atoms with E-state index in [4.69, 9.17) is 4.43 Å². The number of hydrogen-bond donors (Lipinski definition) is 0. The van der Waals surface area contributed by atoms with E-state index in [0.717, 1.165) is 24.8 Å². The Bertz CT molecular complexity index is 363. The number of carbonyl (C=O) groups excluding carboxylic acids is 1. The zero-order chi connectivity index (χ0) is 12.8. The monoisotopic (exact) mass is 252 g/mol. The summed E-state index contributed by atoms with van der Waals surface area (Å²) in [6.45, 7) is 11.3. The van der Waals surface area contributed by atoms with Crippen molar-refractivity contribution in [1.29, 1.82) is 0 Å². The molecule has 0 bridgehead atoms. The fourth-order valence-corrected chi connectivity index (χ4v) is 3.77. The maximum Gasteiger partial charge on any atom is 0.192 e. The topological polar surface area (TPSA) is 26.3 Å². The van der Waals surface area contributed by atoms with E-state index in [1.54, 1.807) is 0 Å². The molecule has 1 saturated carbocycles. The predicted molar refractivity (Wildman–Crippen MR) is 72.5 cm³/mol. The van der Waals surface area contributed by atoms with Gasteiger partial charge in [-0.3, -0.25) is 4.79 Å². The molecular formula is C14H24O2Si. The lowest BCUT2D eigenvalue weighted by atomic mass is 10.1. The molecule has 2 unspecified atom stereocenters. The number of allylic oxidation sites excluding steroid dienone is 1. The standard InChI is InChI=1S/C14H24O2Si/c1-14(2,3)17(4,5)16-11-8-10-6-7-13(15)12(10)9-11/h9-11H,6-8H2,1-5H3. The SMILES string of the molecule is CC(C)(C)[Si](C)(C)OC1C=C2C(=O)CCC2C1. The van der Waals surface area contributed by atoms with Gasteiger partial charge in [0, 0.05) is 6.42 Å². The van der Waals surface area contributed by atoms with Crippen LogP contribution in [-0.2, 0) is 9.22 Å². The lowest BCUT2D eigenvalue weighted by Crippen LogP contribution is -2.43. The average Bonchev–Trinajstić information content (AvgIpc) is 2.66. The molecule has 2 rings (SSSR count). The minimum atomic E-state index is -1.70.